The van der Waals surface area contributed by atoms with Gasteiger partial charge in [-0.05, 0) is 31.9 Å². The number of hydrogen-bond donors (Lipinski definition) is 2. The highest BCUT2D eigenvalue weighted by molar-refractivity contribution is 5.78. The first-order valence-electron chi connectivity index (χ1n) is 7.11. The number of rotatable bonds is 8. The third-order valence-electron chi connectivity index (χ3n) is 3.08. The van der Waals surface area contributed by atoms with Crippen molar-refractivity contribution in [1.29, 1.82) is 0 Å². The highest BCUT2D eigenvalue weighted by atomic mass is 19.1. The SMILES string of the molecule is CCCNCc1cccc(F)c1OCC(=O)NC1CC1. The van der Waals surface area contributed by atoms with Gasteiger partial charge in [0, 0.05) is 18.2 Å². The van der Waals surface area contributed by atoms with E-state index in [1.54, 1.807) is 12.1 Å². The van der Waals surface area contributed by atoms with Crippen LogP contribution in [0.3, 0.4) is 0 Å². The van der Waals surface area contributed by atoms with Gasteiger partial charge in [0.05, 0.1) is 0 Å². The van der Waals surface area contributed by atoms with Crippen molar-refractivity contribution in [2.75, 3.05) is 13.2 Å². The summed E-state index contributed by atoms with van der Waals surface area (Å²) in [7, 11) is 0. The van der Waals surface area contributed by atoms with Crippen LogP contribution < -0.4 is 15.4 Å². The summed E-state index contributed by atoms with van der Waals surface area (Å²) >= 11 is 0. The van der Waals surface area contributed by atoms with Gasteiger partial charge >= 0.3 is 0 Å². The van der Waals surface area contributed by atoms with Crippen molar-refractivity contribution < 1.29 is 13.9 Å². The Morgan fingerprint density at radius 1 is 1.45 bits per heavy atom. The molecule has 0 aliphatic heterocycles. The fraction of sp³-hybridized carbons (Fsp3) is 0.533. The lowest BCUT2D eigenvalue weighted by atomic mass is 10.2. The summed E-state index contributed by atoms with van der Waals surface area (Å²) in [6, 6.07) is 5.09. The zero-order valence-corrected chi connectivity index (χ0v) is 11.7. The van der Waals surface area contributed by atoms with Gasteiger partial charge in [-0.3, -0.25) is 4.79 Å². The molecule has 0 heterocycles. The van der Waals surface area contributed by atoms with E-state index in [4.69, 9.17) is 4.74 Å². The maximum absolute atomic E-state index is 13.8. The van der Waals surface area contributed by atoms with E-state index >= 15 is 0 Å². The number of hydrogen-bond acceptors (Lipinski definition) is 3. The van der Waals surface area contributed by atoms with Gasteiger partial charge in [0.2, 0.25) is 0 Å². The molecule has 1 saturated carbocycles. The van der Waals surface area contributed by atoms with Crippen LogP contribution in [0, 0.1) is 5.82 Å². The summed E-state index contributed by atoms with van der Waals surface area (Å²) in [6.45, 7) is 3.32. The minimum absolute atomic E-state index is 0.141. The van der Waals surface area contributed by atoms with E-state index in [1.165, 1.54) is 6.07 Å². The summed E-state index contributed by atoms with van der Waals surface area (Å²) in [5, 5.41) is 6.01. The Bertz CT molecular complexity index is 461. The third-order valence-corrected chi connectivity index (χ3v) is 3.08. The Labute approximate surface area is 118 Å². The first-order valence-corrected chi connectivity index (χ1v) is 7.11. The molecule has 1 aromatic carbocycles. The van der Waals surface area contributed by atoms with E-state index in [9.17, 15) is 9.18 Å². The van der Waals surface area contributed by atoms with E-state index in [2.05, 4.69) is 17.6 Å². The number of benzene rings is 1. The molecule has 0 saturated heterocycles. The average Bonchev–Trinajstić information content (AvgIpc) is 3.22. The number of amides is 1. The van der Waals surface area contributed by atoms with E-state index in [1.807, 2.05) is 0 Å². The second kappa shape index (κ2) is 7.24. The van der Waals surface area contributed by atoms with Gasteiger partial charge in [0.15, 0.2) is 18.2 Å². The quantitative estimate of drug-likeness (QED) is 0.716. The molecule has 0 atom stereocenters. The van der Waals surface area contributed by atoms with E-state index < -0.39 is 5.82 Å². The summed E-state index contributed by atoms with van der Waals surface area (Å²) in [5.74, 6) is -0.453. The topological polar surface area (TPSA) is 50.4 Å². The molecule has 5 heteroatoms. The summed E-state index contributed by atoms with van der Waals surface area (Å²) in [6.07, 6.45) is 3.06. The predicted molar refractivity (Wildman–Crippen MR) is 75.1 cm³/mol. The summed E-state index contributed by atoms with van der Waals surface area (Å²) < 4.78 is 19.2. The van der Waals surface area contributed by atoms with Crippen LogP contribution in [0.25, 0.3) is 0 Å². The normalized spacial score (nSPS) is 14.1. The molecule has 110 valence electrons. The Kier molecular flexibility index (Phi) is 5.35. The van der Waals surface area contributed by atoms with Gasteiger partial charge < -0.3 is 15.4 Å². The van der Waals surface area contributed by atoms with Crippen molar-refractivity contribution in [3.63, 3.8) is 0 Å². The highest BCUT2D eigenvalue weighted by Crippen LogP contribution is 2.23. The molecule has 1 amide bonds. The molecule has 0 spiro atoms. The molecule has 0 unspecified atom stereocenters. The van der Waals surface area contributed by atoms with Gasteiger partial charge in [0.25, 0.3) is 5.91 Å². The van der Waals surface area contributed by atoms with Crippen LogP contribution in [0.4, 0.5) is 4.39 Å². The number of carbonyl (C=O) groups excluding carboxylic acids is 1. The second-order valence-corrected chi connectivity index (χ2v) is 5.04. The average molecular weight is 280 g/mol. The molecule has 4 nitrogen and oxygen atoms in total. The van der Waals surface area contributed by atoms with Crippen LogP contribution in [0.5, 0.6) is 5.75 Å². The number of halogens is 1. The predicted octanol–water partition coefficient (Wildman–Crippen LogP) is 1.98. The van der Waals surface area contributed by atoms with Crippen LogP contribution in [-0.4, -0.2) is 25.1 Å². The maximum Gasteiger partial charge on any atom is 0.258 e. The van der Waals surface area contributed by atoms with Gasteiger partial charge in [-0.25, -0.2) is 4.39 Å². The Hall–Kier alpha value is -1.62. The fourth-order valence-electron chi connectivity index (χ4n) is 1.89. The van der Waals surface area contributed by atoms with Gasteiger partial charge in [-0.15, -0.1) is 0 Å². The molecule has 2 N–H and O–H groups in total. The molecule has 20 heavy (non-hydrogen) atoms. The molecular weight excluding hydrogens is 259 g/mol. The van der Waals surface area contributed by atoms with E-state index in [0.717, 1.165) is 31.4 Å². The summed E-state index contributed by atoms with van der Waals surface area (Å²) in [5.41, 5.74) is 0.734. The Balaban J connectivity index is 1.91. The molecule has 1 aliphatic carbocycles. The van der Waals surface area contributed by atoms with Crippen LogP contribution >= 0.6 is 0 Å². The molecule has 0 bridgehead atoms. The second-order valence-electron chi connectivity index (χ2n) is 5.04. The number of para-hydroxylation sites is 1. The molecule has 0 aromatic heterocycles. The number of ether oxygens (including phenoxy) is 1. The van der Waals surface area contributed by atoms with Crippen molar-refractivity contribution >= 4 is 5.91 Å². The lowest BCUT2D eigenvalue weighted by Gasteiger charge is -2.13. The monoisotopic (exact) mass is 280 g/mol. The van der Waals surface area contributed by atoms with E-state index in [-0.39, 0.29) is 24.3 Å². The highest BCUT2D eigenvalue weighted by Gasteiger charge is 2.23. The minimum atomic E-state index is -0.431. The van der Waals surface area contributed by atoms with Crippen molar-refractivity contribution in [3.05, 3.63) is 29.6 Å². The molecular formula is C15H21FN2O2. The maximum atomic E-state index is 13.8. The Morgan fingerprint density at radius 3 is 2.95 bits per heavy atom. The molecule has 1 aromatic rings. The summed E-state index contributed by atoms with van der Waals surface area (Å²) in [4.78, 5) is 11.6. The van der Waals surface area contributed by atoms with Crippen LogP contribution in [-0.2, 0) is 11.3 Å². The van der Waals surface area contributed by atoms with E-state index in [0.29, 0.717) is 6.54 Å². The van der Waals surface area contributed by atoms with Crippen LogP contribution in [0.1, 0.15) is 31.7 Å². The van der Waals surface area contributed by atoms with Gasteiger partial charge in [-0.1, -0.05) is 19.1 Å². The molecule has 0 radical (unpaired) electrons. The first kappa shape index (κ1) is 14.8. The molecule has 1 aliphatic rings. The Morgan fingerprint density at radius 2 is 2.25 bits per heavy atom. The lowest BCUT2D eigenvalue weighted by Crippen LogP contribution is -2.30. The minimum Gasteiger partial charge on any atom is -0.480 e. The zero-order chi connectivity index (χ0) is 14.4. The largest absolute Gasteiger partial charge is 0.480 e. The molecule has 1 fully saturated rings. The van der Waals surface area contributed by atoms with Crippen LogP contribution in [0.2, 0.25) is 0 Å². The fourth-order valence-corrected chi connectivity index (χ4v) is 1.89. The van der Waals surface area contributed by atoms with Crippen molar-refractivity contribution in [1.82, 2.24) is 10.6 Å². The standard InChI is InChI=1S/C15H21FN2O2/c1-2-8-17-9-11-4-3-5-13(16)15(11)20-10-14(19)18-12-6-7-12/h3-5,12,17H,2,6-10H2,1H3,(H,18,19). The zero-order valence-electron chi connectivity index (χ0n) is 11.7. The van der Waals surface area contributed by atoms with Crippen molar-refractivity contribution in [3.8, 4) is 5.75 Å². The smallest absolute Gasteiger partial charge is 0.258 e. The first-order chi connectivity index (χ1) is 9.70. The third kappa shape index (κ3) is 4.49. The lowest BCUT2D eigenvalue weighted by molar-refractivity contribution is -0.123. The van der Waals surface area contributed by atoms with Crippen molar-refractivity contribution in [2.24, 2.45) is 0 Å². The van der Waals surface area contributed by atoms with Crippen molar-refractivity contribution in [2.45, 2.75) is 38.8 Å². The van der Waals surface area contributed by atoms with Crippen LogP contribution in [0.15, 0.2) is 18.2 Å². The molecule has 2 rings (SSSR count). The number of nitrogens with one attached hydrogen (secondary N) is 2. The number of carbonyl (C=O) groups is 1. The van der Waals surface area contributed by atoms with Gasteiger partial charge in [-0.2, -0.15) is 0 Å². The van der Waals surface area contributed by atoms with Gasteiger partial charge in [0.1, 0.15) is 0 Å².